The Hall–Kier alpha value is -9.38. The fourth-order valence-electron chi connectivity index (χ4n) is 12.2. The zero-order valence-electron chi connectivity index (χ0n) is 40.3. The SMILES string of the molecule is CC1(C)c2ccccc2-c2ccc(-c3c4cc(N5c6ccccc6Oc6ccccc65)ccc4c(-c4ccccc4-c4ccc5ccccc5c4)c4cc(N5c6ccccc6Oc6ccccc65)ccc34)cc21. The molecule has 0 atom stereocenters. The van der Waals surface area contributed by atoms with Gasteiger partial charge in [-0.05, 0) is 173 Å². The van der Waals surface area contributed by atoms with Gasteiger partial charge in [0.1, 0.15) is 0 Å². The Morgan fingerprint density at radius 1 is 0.301 bits per heavy atom. The smallest absolute Gasteiger partial charge is 0.151 e. The van der Waals surface area contributed by atoms with Crippen LogP contribution in [0.3, 0.4) is 0 Å². The summed E-state index contributed by atoms with van der Waals surface area (Å²) in [6.45, 7) is 4.75. The van der Waals surface area contributed by atoms with Gasteiger partial charge in [-0.1, -0.05) is 172 Å². The Morgan fingerprint density at radius 2 is 0.753 bits per heavy atom. The molecule has 4 heteroatoms. The molecule has 4 nitrogen and oxygen atoms in total. The number of ether oxygens (including phenoxy) is 2. The van der Waals surface area contributed by atoms with E-state index in [-0.39, 0.29) is 5.41 Å². The lowest BCUT2D eigenvalue weighted by Gasteiger charge is -2.33. The molecular weight excluding hydrogens is 889 g/mol. The van der Waals surface area contributed by atoms with Crippen LogP contribution in [-0.4, -0.2) is 0 Å². The van der Waals surface area contributed by atoms with Crippen molar-refractivity contribution < 1.29 is 9.47 Å². The number of hydrogen-bond acceptors (Lipinski definition) is 4. The highest BCUT2D eigenvalue weighted by molar-refractivity contribution is 6.24. The van der Waals surface area contributed by atoms with Crippen molar-refractivity contribution in [3.05, 3.63) is 254 Å². The number of rotatable bonds is 5. The highest BCUT2D eigenvalue weighted by Gasteiger charge is 2.36. The van der Waals surface area contributed by atoms with Crippen molar-refractivity contribution in [2.75, 3.05) is 9.80 Å². The summed E-state index contributed by atoms with van der Waals surface area (Å²) >= 11 is 0. The molecule has 73 heavy (non-hydrogen) atoms. The molecule has 344 valence electrons. The number of anilines is 6. The zero-order chi connectivity index (χ0) is 48.4. The second kappa shape index (κ2) is 15.8. The summed E-state index contributed by atoms with van der Waals surface area (Å²) < 4.78 is 13.1. The molecule has 12 aromatic rings. The van der Waals surface area contributed by atoms with E-state index < -0.39 is 0 Å². The highest BCUT2D eigenvalue weighted by Crippen LogP contribution is 2.56. The van der Waals surface area contributed by atoms with E-state index in [0.29, 0.717) is 0 Å². The Balaban J connectivity index is 1.07. The molecule has 0 aromatic heterocycles. The van der Waals surface area contributed by atoms with Crippen LogP contribution in [0.15, 0.2) is 243 Å². The first-order valence-corrected chi connectivity index (χ1v) is 25.2. The van der Waals surface area contributed by atoms with E-state index in [9.17, 15) is 0 Å². The Bertz CT molecular complexity index is 4190. The van der Waals surface area contributed by atoms with Crippen LogP contribution in [0.2, 0.25) is 0 Å². The minimum absolute atomic E-state index is 0.192. The van der Waals surface area contributed by atoms with Crippen molar-refractivity contribution >= 4 is 66.4 Å². The standard InChI is InChI=1S/C69H46N2O2/c1-69(2)57-22-8-7-20-50(57)51-36-33-46(40-58(51)69)67-53-37-34-48(71-61-25-11-15-29-65(61)73-66-30-16-12-26-62(66)71)42-56(53)68(52-21-6-5-19-49(52)45-32-31-43-17-3-4-18-44(43)39-45)54-38-35-47(41-55(54)67)70-59-23-9-13-27-63(59)72-64-28-14-10-24-60(64)70/h3-42H,1-2H3. The summed E-state index contributed by atoms with van der Waals surface area (Å²) in [5.74, 6) is 3.29. The molecule has 3 aliphatic rings. The van der Waals surface area contributed by atoms with Crippen molar-refractivity contribution in [1.82, 2.24) is 0 Å². The maximum absolute atomic E-state index is 6.57. The molecule has 0 radical (unpaired) electrons. The van der Waals surface area contributed by atoms with Gasteiger partial charge in [0.25, 0.3) is 0 Å². The average Bonchev–Trinajstić information content (AvgIpc) is 3.68. The van der Waals surface area contributed by atoms with E-state index in [0.717, 1.165) is 73.3 Å². The van der Waals surface area contributed by atoms with Crippen LogP contribution in [0.5, 0.6) is 23.0 Å². The molecule has 2 aliphatic heterocycles. The maximum Gasteiger partial charge on any atom is 0.151 e. The van der Waals surface area contributed by atoms with Gasteiger partial charge in [-0.3, -0.25) is 0 Å². The van der Waals surface area contributed by atoms with Gasteiger partial charge in [-0.25, -0.2) is 0 Å². The van der Waals surface area contributed by atoms with Crippen molar-refractivity contribution in [3.8, 4) is 67.5 Å². The third kappa shape index (κ3) is 6.27. The molecule has 12 aromatic carbocycles. The van der Waals surface area contributed by atoms with Gasteiger partial charge in [-0.2, -0.15) is 0 Å². The molecule has 0 amide bonds. The number of hydrogen-bond donors (Lipinski definition) is 0. The van der Waals surface area contributed by atoms with Crippen molar-refractivity contribution in [2.24, 2.45) is 0 Å². The minimum Gasteiger partial charge on any atom is -0.453 e. The molecule has 1 aliphatic carbocycles. The predicted octanol–water partition coefficient (Wildman–Crippen LogP) is 19.6. The maximum atomic E-state index is 6.57. The fourth-order valence-corrected chi connectivity index (χ4v) is 12.2. The van der Waals surface area contributed by atoms with E-state index in [2.05, 4.69) is 242 Å². The summed E-state index contributed by atoms with van der Waals surface area (Å²) in [5, 5.41) is 7.09. The number of fused-ring (bicyclic) bond motifs is 10. The molecular formula is C69H46N2O2. The van der Waals surface area contributed by atoms with Crippen molar-refractivity contribution in [1.29, 1.82) is 0 Å². The molecule has 0 saturated heterocycles. The lowest BCUT2D eigenvalue weighted by molar-refractivity contribution is 0.477. The topological polar surface area (TPSA) is 24.9 Å². The first-order valence-electron chi connectivity index (χ1n) is 25.2. The predicted molar refractivity (Wildman–Crippen MR) is 302 cm³/mol. The van der Waals surface area contributed by atoms with Crippen LogP contribution in [0.4, 0.5) is 34.1 Å². The molecule has 0 saturated carbocycles. The Labute approximate surface area is 424 Å². The van der Waals surface area contributed by atoms with Crippen molar-refractivity contribution in [2.45, 2.75) is 19.3 Å². The third-order valence-electron chi connectivity index (χ3n) is 15.6. The van der Waals surface area contributed by atoms with E-state index in [1.54, 1.807) is 0 Å². The van der Waals surface area contributed by atoms with Gasteiger partial charge in [0.15, 0.2) is 23.0 Å². The first-order chi connectivity index (χ1) is 36.0. The van der Waals surface area contributed by atoms with Crippen LogP contribution in [0.1, 0.15) is 25.0 Å². The van der Waals surface area contributed by atoms with Crippen LogP contribution < -0.4 is 19.3 Å². The van der Waals surface area contributed by atoms with Gasteiger partial charge in [-0.15, -0.1) is 0 Å². The summed E-state index contributed by atoms with van der Waals surface area (Å²) in [6.07, 6.45) is 0. The quantitative estimate of drug-likeness (QED) is 0.161. The van der Waals surface area contributed by atoms with Gasteiger partial charge >= 0.3 is 0 Å². The number of benzene rings is 12. The van der Waals surface area contributed by atoms with Crippen LogP contribution >= 0.6 is 0 Å². The third-order valence-corrected chi connectivity index (χ3v) is 15.6. The molecule has 0 fully saturated rings. The average molecular weight is 935 g/mol. The monoisotopic (exact) mass is 934 g/mol. The van der Waals surface area contributed by atoms with Gasteiger partial charge < -0.3 is 19.3 Å². The Kier molecular flexibility index (Phi) is 8.97. The van der Waals surface area contributed by atoms with Gasteiger partial charge in [0.05, 0.1) is 22.7 Å². The summed E-state index contributed by atoms with van der Waals surface area (Å²) in [6, 6.07) is 88.3. The van der Waals surface area contributed by atoms with E-state index in [1.165, 1.54) is 71.8 Å². The minimum atomic E-state index is -0.192. The molecule has 0 spiro atoms. The lowest BCUT2D eigenvalue weighted by atomic mass is 9.80. The summed E-state index contributed by atoms with van der Waals surface area (Å²) in [7, 11) is 0. The molecule has 0 unspecified atom stereocenters. The van der Waals surface area contributed by atoms with Crippen molar-refractivity contribution in [3.63, 3.8) is 0 Å². The largest absolute Gasteiger partial charge is 0.453 e. The summed E-state index contributed by atoms with van der Waals surface area (Å²) in [4.78, 5) is 4.73. The first kappa shape index (κ1) is 41.4. The van der Waals surface area contributed by atoms with Gasteiger partial charge in [0, 0.05) is 16.8 Å². The number of nitrogens with zero attached hydrogens (tertiary/aromatic N) is 2. The van der Waals surface area contributed by atoms with E-state index in [4.69, 9.17) is 9.47 Å². The normalized spacial score (nSPS) is 13.6. The zero-order valence-corrected chi connectivity index (χ0v) is 40.3. The molecule has 0 N–H and O–H groups in total. The highest BCUT2D eigenvalue weighted by atomic mass is 16.5. The Morgan fingerprint density at radius 3 is 1.36 bits per heavy atom. The van der Waals surface area contributed by atoms with Crippen LogP contribution in [-0.2, 0) is 5.41 Å². The summed E-state index contributed by atoms with van der Waals surface area (Å²) in [5.41, 5.74) is 18.3. The van der Waals surface area contributed by atoms with Crippen LogP contribution in [0.25, 0.3) is 76.8 Å². The van der Waals surface area contributed by atoms with E-state index >= 15 is 0 Å². The second-order valence-corrected chi connectivity index (χ2v) is 20.0. The van der Waals surface area contributed by atoms with Gasteiger partial charge in [0.2, 0.25) is 0 Å². The molecule has 2 heterocycles. The number of para-hydroxylation sites is 8. The lowest BCUT2D eigenvalue weighted by Crippen LogP contribution is -2.16. The fraction of sp³-hybridized carbons (Fsp3) is 0.0435. The molecule has 15 rings (SSSR count). The van der Waals surface area contributed by atoms with E-state index in [1.807, 2.05) is 24.3 Å². The van der Waals surface area contributed by atoms with Crippen LogP contribution in [0, 0.1) is 0 Å². The second-order valence-electron chi connectivity index (χ2n) is 20.0. The molecule has 0 bridgehead atoms.